The number of aryl methyl sites for hydroxylation is 5. The van der Waals surface area contributed by atoms with Crippen LogP contribution >= 0.6 is 34.8 Å². The number of aliphatic hydroxyl groups is 1. The van der Waals surface area contributed by atoms with Gasteiger partial charge in [-0.25, -0.2) is 0 Å². The minimum absolute atomic E-state index is 0.000642. The predicted octanol–water partition coefficient (Wildman–Crippen LogP) is 15.8. The van der Waals surface area contributed by atoms with Crippen LogP contribution in [0.15, 0.2) is 115 Å². The Hall–Kier alpha value is -6.49. The zero-order valence-corrected chi connectivity index (χ0v) is 53.1. The average Bonchev–Trinajstić information content (AvgIpc) is 1.04. The van der Waals surface area contributed by atoms with Gasteiger partial charge in [-0.05, 0) is 233 Å². The van der Waals surface area contributed by atoms with Gasteiger partial charge < -0.3 is 5.11 Å². The molecule has 442 valence electrons. The van der Waals surface area contributed by atoms with Gasteiger partial charge in [0.25, 0.3) is 0 Å². The Balaban J connectivity index is 1.10. The number of carbonyl (C=O) groups excluding carboxylic acids is 8. The van der Waals surface area contributed by atoms with Gasteiger partial charge in [-0.15, -0.1) is 0 Å². The molecule has 9 rings (SSSR count). The van der Waals surface area contributed by atoms with Gasteiger partial charge in [0, 0.05) is 15.1 Å². The van der Waals surface area contributed by atoms with Crippen molar-refractivity contribution in [3.63, 3.8) is 0 Å². The van der Waals surface area contributed by atoms with Crippen LogP contribution in [0.5, 0.6) is 0 Å². The molecule has 0 amide bonds. The van der Waals surface area contributed by atoms with E-state index in [9.17, 15) is 29.1 Å². The highest BCUT2D eigenvalue weighted by molar-refractivity contribution is 6.33. The van der Waals surface area contributed by atoms with Gasteiger partial charge in [0.05, 0.1) is 38.6 Å². The van der Waals surface area contributed by atoms with Gasteiger partial charge in [-0.2, -0.15) is 0 Å². The summed E-state index contributed by atoms with van der Waals surface area (Å²) in [4.78, 5) is 119. The second kappa shape index (κ2) is 22.7. The number of Topliss-reactive ketones (excluding diaryl/α,β-unsaturated/α-hetero) is 8. The third-order valence-corrected chi connectivity index (χ3v) is 20.5. The molecule has 3 aliphatic carbocycles. The molecule has 3 fully saturated rings. The maximum absolute atomic E-state index is 15.9. The molecule has 5 unspecified atom stereocenters. The lowest BCUT2D eigenvalue weighted by atomic mass is 9.54. The smallest absolute Gasteiger partial charge is 0.161 e. The van der Waals surface area contributed by atoms with E-state index >= 15 is 14.4 Å². The molecule has 6 aromatic carbocycles. The number of ketones is 8. The van der Waals surface area contributed by atoms with Gasteiger partial charge >= 0.3 is 0 Å². The van der Waals surface area contributed by atoms with Gasteiger partial charge in [0.2, 0.25) is 0 Å². The third kappa shape index (κ3) is 10.7. The van der Waals surface area contributed by atoms with Gasteiger partial charge in [0.15, 0.2) is 46.3 Å². The maximum Gasteiger partial charge on any atom is 0.161 e. The van der Waals surface area contributed by atoms with Crippen molar-refractivity contribution in [1.29, 1.82) is 0 Å². The van der Waals surface area contributed by atoms with Crippen molar-refractivity contribution >= 4 is 81.1 Å². The van der Waals surface area contributed by atoms with Crippen molar-refractivity contribution in [1.82, 2.24) is 0 Å². The number of rotatable bonds is 14. The number of hydrogen-bond donors (Lipinski definition) is 1. The minimum Gasteiger partial charge on any atom is -0.391 e. The van der Waals surface area contributed by atoms with Crippen LogP contribution in [0.3, 0.4) is 0 Å². The Bertz CT molecular complexity index is 3790. The van der Waals surface area contributed by atoms with E-state index in [0.717, 1.165) is 38.9 Å². The first kappa shape index (κ1) is 63.0. The molecule has 85 heavy (non-hydrogen) atoms. The second-order valence-electron chi connectivity index (χ2n) is 26.8. The monoisotopic (exact) mass is 1200 g/mol. The van der Waals surface area contributed by atoms with Crippen molar-refractivity contribution in [3.05, 3.63) is 175 Å². The number of hydrogen-bond acceptors (Lipinski definition) is 9. The minimum atomic E-state index is -1.59. The van der Waals surface area contributed by atoms with E-state index in [1.807, 2.05) is 112 Å². The summed E-state index contributed by atoms with van der Waals surface area (Å²) in [6.45, 7) is 21.8. The van der Waals surface area contributed by atoms with Crippen LogP contribution in [0.2, 0.25) is 15.1 Å². The zero-order valence-electron chi connectivity index (χ0n) is 50.9. The van der Waals surface area contributed by atoms with Crippen LogP contribution < -0.4 is 0 Å². The van der Waals surface area contributed by atoms with Crippen molar-refractivity contribution in [2.24, 2.45) is 32.5 Å². The van der Waals surface area contributed by atoms with Crippen molar-refractivity contribution in [2.45, 2.75) is 152 Å². The van der Waals surface area contributed by atoms with E-state index in [4.69, 9.17) is 34.8 Å². The molecule has 3 aliphatic rings. The summed E-state index contributed by atoms with van der Waals surface area (Å²) in [6.07, 6.45) is -0.284. The quantitative estimate of drug-likeness (QED) is 0.105. The summed E-state index contributed by atoms with van der Waals surface area (Å²) in [7, 11) is 0. The van der Waals surface area contributed by atoms with E-state index in [2.05, 4.69) is 0 Å². The Morgan fingerprint density at radius 3 is 1.44 bits per heavy atom. The third-order valence-electron chi connectivity index (χ3n) is 19.6. The summed E-state index contributed by atoms with van der Waals surface area (Å²) in [5, 5.41) is 14.2. The van der Waals surface area contributed by atoms with Gasteiger partial charge in [-0.3, -0.25) is 38.4 Å². The van der Waals surface area contributed by atoms with Crippen molar-refractivity contribution < 1.29 is 43.5 Å². The summed E-state index contributed by atoms with van der Waals surface area (Å²) in [5.74, 6) is -7.84. The largest absolute Gasteiger partial charge is 0.391 e. The lowest BCUT2D eigenvalue weighted by Gasteiger charge is -2.49. The highest BCUT2D eigenvalue weighted by Gasteiger charge is 2.63. The van der Waals surface area contributed by atoms with Crippen LogP contribution in [-0.2, 0) is 57.6 Å². The van der Waals surface area contributed by atoms with E-state index < -0.39 is 103 Å². The van der Waals surface area contributed by atoms with Gasteiger partial charge in [-0.1, -0.05) is 123 Å². The second-order valence-corrected chi connectivity index (χ2v) is 28.0. The number of aliphatic hydroxyl groups excluding tert-OH is 1. The highest BCUT2D eigenvalue weighted by Crippen LogP contribution is 2.53. The molecule has 6 aromatic rings. The molecule has 0 aliphatic heterocycles. The first-order valence-corrected chi connectivity index (χ1v) is 30.5. The van der Waals surface area contributed by atoms with Crippen LogP contribution in [0.4, 0.5) is 0 Å². The summed E-state index contributed by atoms with van der Waals surface area (Å²) >= 11 is 19.1. The zero-order chi connectivity index (χ0) is 62.4. The van der Waals surface area contributed by atoms with Crippen molar-refractivity contribution in [3.8, 4) is 33.4 Å². The fraction of sp³-hybridized carbons (Fsp3) is 0.397. The van der Waals surface area contributed by atoms with E-state index in [-0.39, 0.29) is 32.1 Å². The summed E-state index contributed by atoms with van der Waals surface area (Å²) in [6, 6.07) is 35.3. The molecular formula is C73H75Cl3O9. The fourth-order valence-corrected chi connectivity index (χ4v) is 14.6. The molecule has 0 aromatic heterocycles. The molecule has 0 heterocycles. The molecule has 0 radical (unpaired) electrons. The van der Waals surface area contributed by atoms with Crippen LogP contribution in [-0.4, -0.2) is 57.5 Å². The summed E-state index contributed by atoms with van der Waals surface area (Å²) < 4.78 is 0. The molecule has 5 atom stereocenters. The SMILES string of the molecule is CCc1ccc(-c2ccc(Cl)cc2)cc1C1C(=O)C(C)(C)C(=O)C(C)(CCCc2ccc(-c3ccc(Cl)c(C)c3)cc2C2C(=O)C(C)(C)C(O)C(C)(CCc3ccc(-c4ccc(Cl)cc4C)cc3C3C(=O)C(C)(C)C(=O)C(C)(C)C3=O)C2=O)C1=O. The standard InChI is InChI=1S/C73H75Cl3O9/c1-14-41-17-20-46(42-23-26-49(74)27-24-42)36-52(41)57-61(79)70(8,9)66(84)72(12,63(57)81)32-15-16-43-18-21-47(45-25-30-55(76)40(3)34-45)37-53(43)58-62(80)71(10,11)67(85)73(13,64(58)82)33-31-44-19-22-48(51-29-28-50(75)35-39(51)2)38-54(44)56-59(77)68(4,5)65(83)69(6,7)60(56)78/h17-30,34-38,56-58,67,85H,14-16,31-33H2,1-13H3. The van der Waals surface area contributed by atoms with Crippen LogP contribution in [0.1, 0.15) is 158 Å². The van der Waals surface area contributed by atoms with Crippen LogP contribution in [0, 0.1) is 46.3 Å². The van der Waals surface area contributed by atoms with E-state index in [0.29, 0.717) is 60.4 Å². The first-order chi connectivity index (χ1) is 39.7. The van der Waals surface area contributed by atoms with E-state index in [1.54, 1.807) is 93.5 Å². The number of benzene rings is 6. The van der Waals surface area contributed by atoms with Crippen LogP contribution in [0.25, 0.3) is 33.4 Å². The van der Waals surface area contributed by atoms with Gasteiger partial charge in [0.1, 0.15) is 17.8 Å². The average molecular weight is 1200 g/mol. The number of halogens is 3. The normalized spacial score (nSPS) is 23.9. The molecule has 3 saturated carbocycles. The molecular weight excluding hydrogens is 1130 g/mol. The predicted molar refractivity (Wildman–Crippen MR) is 336 cm³/mol. The fourth-order valence-electron chi connectivity index (χ4n) is 14.1. The maximum atomic E-state index is 15.9. The number of carbonyl (C=O) groups is 8. The lowest BCUT2D eigenvalue weighted by Crippen LogP contribution is -2.60. The molecule has 0 spiro atoms. The topological polar surface area (TPSA) is 157 Å². The highest BCUT2D eigenvalue weighted by atomic mass is 35.5. The molecule has 1 N–H and O–H groups in total. The Labute approximate surface area is 514 Å². The Morgan fingerprint density at radius 2 is 0.871 bits per heavy atom. The Morgan fingerprint density at radius 1 is 0.424 bits per heavy atom. The molecule has 0 bridgehead atoms. The van der Waals surface area contributed by atoms with Crippen molar-refractivity contribution in [2.75, 3.05) is 0 Å². The summed E-state index contributed by atoms with van der Waals surface area (Å²) in [5.41, 5.74) is 0.594. The van der Waals surface area contributed by atoms with E-state index in [1.165, 1.54) is 0 Å². The Kier molecular flexibility index (Phi) is 16.8. The molecule has 0 saturated heterocycles. The first-order valence-electron chi connectivity index (χ1n) is 29.4. The lowest BCUT2D eigenvalue weighted by molar-refractivity contribution is -0.165. The molecule has 12 heteroatoms. The molecule has 9 nitrogen and oxygen atoms in total.